The van der Waals surface area contributed by atoms with Gasteiger partial charge in [-0.15, -0.1) is 0 Å². The molecule has 0 aromatic heterocycles. The van der Waals surface area contributed by atoms with Gasteiger partial charge in [0.05, 0.1) is 47.5 Å². The Hall–Kier alpha value is -0.680. The van der Waals surface area contributed by atoms with Gasteiger partial charge in [-0.3, -0.25) is 0 Å². The van der Waals surface area contributed by atoms with Gasteiger partial charge in [0.15, 0.2) is 0 Å². The van der Waals surface area contributed by atoms with Crippen molar-refractivity contribution < 1.29 is 19.7 Å². The Labute approximate surface area is 106 Å². The highest BCUT2D eigenvalue weighted by atomic mass is 16.6. The molecule has 4 aliphatic heterocycles. The minimum atomic E-state index is -0.586. The number of rotatable bonds is 2. The average molecular weight is 250 g/mol. The number of aliphatic hydroxyl groups excluding tert-OH is 2. The van der Waals surface area contributed by atoms with Gasteiger partial charge in [0, 0.05) is 0 Å². The summed E-state index contributed by atoms with van der Waals surface area (Å²) in [7, 11) is 0. The van der Waals surface area contributed by atoms with Gasteiger partial charge in [0.25, 0.3) is 0 Å². The summed E-state index contributed by atoms with van der Waals surface area (Å²) in [5, 5.41) is 20.2. The van der Waals surface area contributed by atoms with E-state index in [2.05, 4.69) is 0 Å². The van der Waals surface area contributed by atoms with Gasteiger partial charge in [-0.1, -0.05) is 24.3 Å². The first kappa shape index (κ1) is 11.2. The molecule has 2 saturated heterocycles. The second-order valence-electron chi connectivity index (χ2n) is 6.27. The van der Waals surface area contributed by atoms with Gasteiger partial charge >= 0.3 is 0 Å². The van der Waals surface area contributed by atoms with Crippen LogP contribution in [0.3, 0.4) is 0 Å². The molecule has 4 aliphatic rings. The third kappa shape index (κ3) is 0.714. The van der Waals surface area contributed by atoms with Crippen molar-refractivity contribution in [1.82, 2.24) is 0 Å². The Kier molecular flexibility index (Phi) is 1.71. The summed E-state index contributed by atoms with van der Waals surface area (Å²) < 4.78 is 12.2. The summed E-state index contributed by atoms with van der Waals surface area (Å²) in [6, 6.07) is 0. The van der Waals surface area contributed by atoms with Crippen molar-refractivity contribution in [1.29, 1.82) is 0 Å². The quantitative estimate of drug-likeness (QED) is 0.696. The predicted octanol–water partition coefficient (Wildman–Crippen LogP) is 0.398. The lowest BCUT2D eigenvalue weighted by Gasteiger charge is -2.51. The molecule has 18 heavy (non-hydrogen) atoms. The van der Waals surface area contributed by atoms with Gasteiger partial charge in [-0.25, -0.2) is 0 Å². The Morgan fingerprint density at radius 3 is 1.61 bits per heavy atom. The van der Waals surface area contributed by atoms with Crippen LogP contribution in [0.15, 0.2) is 24.3 Å². The van der Waals surface area contributed by atoms with E-state index in [4.69, 9.17) is 9.47 Å². The van der Waals surface area contributed by atoms with Crippen LogP contribution in [0.4, 0.5) is 0 Å². The first-order valence-electron chi connectivity index (χ1n) is 6.46. The second-order valence-corrected chi connectivity index (χ2v) is 6.27. The molecule has 2 N–H and O–H groups in total. The van der Waals surface area contributed by atoms with Crippen molar-refractivity contribution in [2.75, 3.05) is 13.2 Å². The number of aliphatic hydroxyl groups is 2. The lowest BCUT2D eigenvalue weighted by atomic mass is 9.47. The molecule has 98 valence electrons. The molecule has 0 aliphatic carbocycles. The van der Waals surface area contributed by atoms with E-state index in [9.17, 15) is 10.2 Å². The minimum absolute atomic E-state index is 0.0461. The third-order valence-electron chi connectivity index (χ3n) is 5.96. The average Bonchev–Trinajstić information content (AvgIpc) is 3.01. The molecular formula is C14H18O4. The van der Waals surface area contributed by atoms with Crippen molar-refractivity contribution in [2.24, 2.45) is 10.8 Å². The highest BCUT2D eigenvalue weighted by molar-refractivity contribution is 5.45. The van der Waals surface area contributed by atoms with Crippen LogP contribution in [-0.2, 0) is 9.47 Å². The molecule has 0 aromatic rings. The maximum atomic E-state index is 10.1. The van der Waals surface area contributed by atoms with Crippen LogP contribution in [0.25, 0.3) is 0 Å². The van der Waals surface area contributed by atoms with Crippen LogP contribution in [-0.4, -0.2) is 46.8 Å². The molecular weight excluding hydrogens is 232 g/mol. The predicted molar refractivity (Wildman–Crippen MR) is 63.9 cm³/mol. The summed E-state index contributed by atoms with van der Waals surface area (Å²) in [5.41, 5.74) is -2.31. The second kappa shape index (κ2) is 2.75. The summed E-state index contributed by atoms with van der Waals surface area (Å²) in [6.45, 7) is 3.88. The first-order chi connectivity index (χ1) is 8.50. The molecule has 2 fully saturated rings. The van der Waals surface area contributed by atoms with Gasteiger partial charge < -0.3 is 19.7 Å². The minimum Gasteiger partial charge on any atom is -0.396 e. The molecule has 4 heteroatoms. The highest BCUT2D eigenvalue weighted by Gasteiger charge is 2.84. The standard InChI is InChI=1S/C14H18O4/c1-11-5-3-10(17-11)14(8-16)12(2)6-4-9(18-12)13(11,14)7-15/h3-6,9-10,15-16H,7-8H2,1-2H3/t9-,10-,11+,12+,13+,14+/m1/s1. The highest BCUT2D eigenvalue weighted by Crippen LogP contribution is 2.74. The van der Waals surface area contributed by atoms with E-state index in [1.165, 1.54) is 0 Å². The molecule has 4 bridgehead atoms. The van der Waals surface area contributed by atoms with Crippen molar-refractivity contribution >= 4 is 0 Å². The van der Waals surface area contributed by atoms with E-state index in [-0.39, 0.29) is 25.4 Å². The van der Waals surface area contributed by atoms with Gasteiger partial charge in [-0.05, 0) is 13.8 Å². The fraction of sp³-hybridized carbons (Fsp3) is 0.714. The van der Waals surface area contributed by atoms with E-state index in [1.54, 1.807) is 0 Å². The zero-order valence-corrected chi connectivity index (χ0v) is 10.6. The number of fused-ring (bicyclic) bond motifs is 9. The molecule has 6 atom stereocenters. The topological polar surface area (TPSA) is 58.9 Å². The van der Waals surface area contributed by atoms with Crippen molar-refractivity contribution in [3.63, 3.8) is 0 Å². The lowest BCUT2D eigenvalue weighted by molar-refractivity contribution is -0.0885. The molecule has 0 aromatic carbocycles. The smallest absolute Gasteiger partial charge is 0.0958 e. The molecule has 4 nitrogen and oxygen atoms in total. The zero-order chi connectivity index (χ0) is 12.8. The normalized spacial score (nSPS) is 62.9. The monoisotopic (exact) mass is 250 g/mol. The molecule has 4 rings (SSSR count). The Morgan fingerprint density at radius 2 is 1.28 bits per heavy atom. The van der Waals surface area contributed by atoms with Gasteiger partial charge in [0.2, 0.25) is 0 Å². The Morgan fingerprint density at radius 1 is 0.889 bits per heavy atom. The fourth-order valence-electron chi connectivity index (χ4n) is 5.00. The first-order valence-corrected chi connectivity index (χ1v) is 6.46. The van der Waals surface area contributed by atoms with Crippen LogP contribution in [0, 0.1) is 10.8 Å². The van der Waals surface area contributed by atoms with E-state index in [0.29, 0.717) is 0 Å². The summed E-state index contributed by atoms with van der Waals surface area (Å²) in [5.74, 6) is 0. The SMILES string of the molecule is C[C@@]12C=C[C@@H](O1)[C@]1(CO)[C@@]2(CO)[C@H]2C=C[C@]1(C)O2. The van der Waals surface area contributed by atoms with Crippen LogP contribution in [0.2, 0.25) is 0 Å². The molecule has 0 saturated carbocycles. The molecule has 0 spiro atoms. The Balaban J connectivity index is 2.05. The number of hydrogen-bond acceptors (Lipinski definition) is 4. The maximum absolute atomic E-state index is 10.1. The lowest BCUT2D eigenvalue weighted by Crippen LogP contribution is -2.64. The van der Waals surface area contributed by atoms with Gasteiger partial charge in [-0.2, -0.15) is 0 Å². The summed E-state index contributed by atoms with van der Waals surface area (Å²) >= 11 is 0. The number of ether oxygens (including phenoxy) is 2. The maximum Gasteiger partial charge on any atom is 0.0958 e. The summed E-state index contributed by atoms with van der Waals surface area (Å²) in [6.07, 6.45) is 7.66. The van der Waals surface area contributed by atoms with Crippen LogP contribution in [0.5, 0.6) is 0 Å². The van der Waals surface area contributed by atoms with E-state index in [0.717, 1.165) is 0 Å². The number of hydrogen-bond donors (Lipinski definition) is 2. The molecule has 0 unspecified atom stereocenters. The van der Waals surface area contributed by atoms with Crippen molar-refractivity contribution in [3.8, 4) is 0 Å². The van der Waals surface area contributed by atoms with Crippen LogP contribution in [0.1, 0.15) is 13.8 Å². The largest absolute Gasteiger partial charge is 0.396 e. The molecule has 0 amide bonds. The van der Waals surface area contributed by atoms with Crippen molar-refractivity contribution in [2.45, 2.75) is 37.3 Å². The van der Waals surface area contributed by atoms with Crippen LogP contribution >= 0.6 is 0 Å². The van der Waals surface area contributed by atoms with E-state index < -0.39 is 22.0 Å². The zero-order valence-electron chi connectivity index (χ0n) is 10.6. The Bertz CT molecular complexity index is 442. The van der Waals surface area contributed by atoms with E-state index in [1.807, 2.05) is 38.2 Å². The van der Waals surface area contributed by atoms with Crippen molar-refractivity contribution in [3.05, 3.63) is 24.3 Å². The van der Waals surface area contributed by atoms with E-state index >= 15 is 0 Å². The van der Waals surface area contributed by atoms with Crippen LogP contribution < -0.4 is 0 Å². The molecule has 4 heterocycles. The fourth-order valence-corrected chi connectivity index (χ4v) is 5.00. The molecule has 0 radical (unpaired) electrons. The van der Waals surface area contributed by atoms with Gasteiger partial charge in [0.1, 0.15) is 0 Å². The summed E-state index contributed by atoms with van der Waals surface area (Å²) in [4.78, 5) is 0. The third-order valence-corrected chi connectivity index (χ3v) is 5.96.